The molecule has 0 saturated carbocycles. The molecule has 0 aromatic carbocycles. The number of hydrogen-bond acceptors (Lipinski definition) is 6. The summed E-state index contributed by atoms with van der Waals surface area (Å²) < 4.78 is 0. The summed E-state index contributed by atoms with van der Waals surface area (Å²) >= 11 is 0. The van der Waals surface area contributed by atoms with Gasteiger partial charge in [-0.2, -0.15) is 0 Å². The van der Waals surface area contributed by atoms with E-state index in [0.29, 0.717) is 0 Å². The topological polar surface area (TPSA) is 114 Å². The van der Waals surface area contributed by atoms with Gasteiger partial charge in [-0.05, 0) is 26.7 Å². The van der Waals surface area contributed by atoms with Crippen LogP contribution < -0.4 is 10.2 Å². The molecule has 0 aliphatic carbocycles. The molecule has 6 nitrogen and oxygen atoms in total. The number of carbonyl (C=O) groups is 4. The van der Waals surface area contributed by atoms with Crippen molar-refractivity contribution < 1.29 is 29.4 Å². The number of carboxylic acid groups (broad SMARTS) is 2. The minimum atomic E-state index is -1.17. The van der Waals surface area contributed by atoms with Gasteiger partial charge in [0.05, 0.1) is 0 Å². The second-order valence-electron chi connectivity index (χ2n) is 3.15. The summed E-state index contributed by atoms with van der Waals surface area (Å²) in [6, 6.07) is 0. The third kappa shape index (κ3) is 31.3. The molecule has 0 bridgehead atoms. The summed E-state index contributed by atoms with van der Waals surface area (Å²) in [4.78, 5) is 39.4. The van der Waals surface area contributed by atoms with Crippen molar-refractivity contribution in [3.63, 3.8) is 0 Å². The quantitative estimate of drug-likeness (QED) is 0.498. The van der Waals surface area contributed by atoms with E-state index in [1.165, 1.54) is 13.8 Å². The van der Waals surface area contributed by atoms with E-state index in [2.05, 4.69) is 0 Å². The molecule has 17 heavy (non-hydrogen) atoms. The third-order valence-corrected chi connectivity index (χ3v) is 1.36. The van der Waals surface area contributed by atoms with Gasteiger partial charge in [0.2, 0.25) is 0 Å². The van der Waals surface area contributed by atoms with E-state index in [1.54, 1.807) is 0 Å². The van der Waals surface area contributed by atoms with E-state index < -0.39 is 11.9 Å². The van der Waals surface area contributed by atoms with Crippen LogP contribution >= 0.6 is 0 Å². The molecule has 0 aromatic rings. The Morgan fingerprint density at radius 2 is 0.941 bits per heavy atom. The summed E-state index contributed by atoms with van der Waals surface area (Å²) in [5.74, 6) is -2.57. The van der Waals surface area contributed by atoms with Gasteiger partial charge in [0.25, 0.3) is 0 Å². The molecule has 0 aromatic heterocycles. The summed E-state index contributed by atoms with van der Waals surface area (Å²) in [5, 5.41) is 19.3. The Morgan fingerprint density at radius 1 is 0.706 bits per heavy atom. The maximum absolute atomic E-state index is 10.1. The molecular formula is C10H14MgO6. The van der Waals surface area contributed by atoms with Gasteiger partial charge in [-0.15, -0.1) is 0 Å². The van der Waals surface area contributed by atoms with Crippen LogP contribution in [0.5, 0.6) is 0 Å². The molecule has 0 N–H and O–H groups in total. The van der Waals surface area contributed by atoms with Crippen molar-refractivity contribution in [1.82, 2.24) is 0 Å². The zero-order chi connectivity index (χ0) is 13.1. The number of carbonyl (C=O) groups excluding carboxylic acids is 4. The second-order valence-corrected chi connectivity index (χ2v) is 3.15. The van der Waals surface area contributed by atoms with Gasteiger partial charge in [-0.1, -0.05) is 0 Å². The van der Waals surface area contributed by atoms with Crippen molar-refractivity contribution in [1.29, 1.82) is 0 Å². The number of ketones is 2. The van der Waals surface area contributed by atoms with E-state index in [9.17, 15) is 29.4 Å². The van der Waals surface area contributed by atoms with Crippen LogP contribution in [0.2, 0.25) is 0 Å². The number of rotatable bonds is 6. The van der Waals surface area contributed by atoms with Crippen LogP contribution in [0, 0.1) is 0 Å². The molecule has 0 spiro atoms. The normalized spacial score (nSPS) is 8.12. The Bertz CT molecular complexity index is 218. The van der Waals surface area contributed by atoms with Crippen molar-refractivity contribution in [2.45, 2.75) is 39.5 Å². The predicted molar refractivity (Wildman–Crippen MR) is 55.6 cm³/mol. The maximum Gasteiger partial charge on any atom is 2.00 e. The Morgan fingerprint density at radius 3 is 1.00 bits per heavy atom. The first kappa shape index (κ1) is 21.3. The molecule has 92 valence electrons. The smallest absolute Gasteiger partial charge is 0.550 e. The molecule has 0 rings (SSSR count). The fourth-order valence-electron chi connectivity index (χ4n) is 0.556. The van der Waals surface area contributed by atoms with Crippen molar-refractivity contribution in [3.8, 4) is 0 Å². The minimum absolute atomic E-state index is 0. The monoisotopic (exact) mass is 254 g/mol. The molecule has 0 atom stereocenters. The summed E-state index contributed by atoms with van der Waals surface area (Å²) in [6.45, 7) is 2.70. The maximum atomic E-state index is 10.1. The largest absolute Gasteiger partial charge is 2.00 e. The van der Waals surface area contributed by atoms with E-state index in [4.69, 9.17) is 0 Å². The molecule has 0 aliphatic heterocycles. The zero-order valence-corrected chi connectivity index (χ0v) is 11.4. The van der Waals surface area contributed by atoms with Crippen molar-refractivity contribution in [2.24, 2.45) is 0 Å². The summed E-state index contributed by atoms with van der Waals surface area (Å²) in [7, 11) is 0. The van der Waals surface area contributed by atoms with Crippen molar-refractivity contribution in [3.05, 3.63) is 0 Å². The molecule has 7 heteroatoms. The average Bonchev–Trinajstić information content (AvgIpc) is 2.12. The van der Waals surface area contributed by atoms with Gasteiger partial charge in [0, 0.05) is 24.8 Å². The zero-order valence-electron chi connectivity index (χ0n) is 9.99. The van der Waals surface area contributed by atoms with Crippen LogP contribution in [0.15, 0.2) is 0 Å². The minimum Gasteiger partial charge on any atom is -0.550 e. The fraction of sp³-hybridized carbons (Fsp3) is 0.600. The van der Waals surface area contributed by atoms with Gasteiger partial charge in [-0.3, -0.25) is 0 Å². The van der Waals surface area contributed by atoms with Crippen LogP contribution in [0.1, 0.15) is 39.5 Å². The van der Waals surface area contributed by atoms with Crippen LogP contribution in [-0.4, -0.2) is 46.6 Å². The van der Waals surface area contributed by atoms with E-state index in [-0.39, 0.29) is 60.3 Å². The van der Waals surface area contributed by atoms with Crippen LogP contribution in [0.4, 0.5) is 0 Å². The van der Waals surface area contributed by atoms with Crippen molar-refractivity contribution >= 4 is 46.6 Å². The first-order chi connectivity index (χ1) is 7.25. The van der Waals surface area contributed by atoms with E-state index >= 15 is 0 Å². The van der Waals surface area contributed by atoms with Gasteiger partial charge in [0.1, 0.15) is 11.6 Å². The first-order valence-electron chi connectivity index (χ1n) is 4.64. The van der Waals surface area contributed by atoms with Crippen molar-refractivity contribution in [2.75, 3.05) is 0 Å². The summed E-state index contributed by atoms with van der Waals surface area (Å²) in [5.41, 5.74) is 0. The SMILES string of the molecule is CC(=O)CCC(=O)[O-].CC(=O)CCC(=O)[O-].[Mg+2]. The number of carboxylic acids is 2. The standard InChI is InChI=1S/2C5H8O3.Mg/c2*1-4(6)2-3-5(7)8;/h2*2-3H2,1H3,(H,7,8);/q;;+2/p-2. The van der Waals surface area contributed by atoms with E-state index in [0.717, 1.165) is 0 Å². The predicted octanol–water partition coefficient (Wildman–Crippen LogP) is -2.17. The van der Waals surface area contributed by atoms with Crippen LogP contribution in [-0.2, 0) is 19.2 Å². The molecule has 0 heterocycles. The van der Waals surface area contributed by atoms with Crippen LogP contribution in [0.3, 0.4) is 0 Å². The molecule has 0 amide bonds. The number of aliphatic carboxylic acids is 2. The Balaban J connectivity index is -0.000000218. The molecule has 0 unspecified atom stereocenters. The molecule has 0 aliphatic rings. The average molecular weight is 255 g/mol. The molecule has 0 fully saturated rings. The Labute approximate surface area is 116 Å². The van der Waals surface area contributed by atoms with E-state index in [1.807, 2.05) is 0 Å². The van der Waals surface area contributed by atoms with Gasteiger partial charge >= 0.3 is 23.1 Å². The van der Waals surface area contributed by atoms with Gasteiger partial charge < -0.3 is 29.4 Å². The van der Waals surface area contributed by atoms with Gasteiger partial charge in [-0.25, -0.2) is 0 Å². The fourth-order valence-corrected chi connectivity index (χ4v) is 0.556. The Kier molecular flexibility index (Phi) is 16.5. The number of hydrogen-bond donors (Lipinski definition) is 0. The molecular weight excluding hydrogens is 240 g/mol. The third-order valence-electron chi connectivity index (χ3n) is 1.36. The van der Waals surface area contributed by atoms with Gasteiger partial charge in [0.15, 0.2) is 0 Å². The summed E-state index contributed by atoms with van der Waals surface area (Å²) in [6.07, 6.45) is -0.144. The molecule has 0 saturated heterocycles. The number of Topliss-reactive ketones (excluding diaryl/α,β-unsaturated/α-hetero) is 2. The Hall–Kier alpha value is -0.954. The first-order valence-corrected chi connectivity index (χ1v) is 4.64. The van der Waals surface area contributed by atoms with Crippen LogP contribution in [0.25, 0.3) is 0 Å². The molecule has 0 radical (unpaired) electrons. The second kappa shape index (κ2) is 13.1.